The lowest BCUT2D eigenvalue weighted by Crippen LogP contribution is -2.33. The van der Waals surface area contributed by atoms with E-state index in [4.69, 9.17) is 14.2 Å². The second kappa shape index (κ2) is 7.37. The summed E-state index contributed by atoms with van der Waals surface area (Å²) in [6.07, 6.45) is 0.856. The van der Waals surface area contributed by atoms with E-state index in [1.807, 2.05) is 48.5 Å². The van der Waals surface area contributed by atoms with Crippen LogP contribution in [0, 0.1) is 0 Å². The largest absolute Gasteiger partial charge is 0.480 e. The number of hydrogen-bond acceptors (Lipinski definition) is 5. The van der Waals surface area contributed by atoms with Crippen molar-refractivity contribution in [2.75, 3.05) is 6.79 Å². The average molecular weight is 362 g/mol. The number of carbonyl (C=O) groups is 1. The molecule has 0 spiro atoms. The zero-order chi connectivity index (χ0) is 18.6. The molecule has 4 rings (SSSR count). The van der Waals surface area contributed by atoms with E-state index in [0.29, 0.717) is 17.2 Å². The van der Waals surface area contributed by atoms with Crippen molar-refractivity contribution < 1.29 is 19.0 Å². The van der Waals surface area contributed by atoms with Crippen molar-refractivity contribution in [2.24, 2.45) is 5.10 Å². The first kappa shape index (κ1) is 16.9. The summed E-state index contributed by atoms with van der Waals surface area (Å²) in [4.78, 5) is 12.3. The standard InChI is InChI=1S/C21H18N2O4/c1-14(27-18-8-4-6-16-5-2-3-7-17(16)18)21(24)23-22-12-15-9-10-19-20(11-15)26-13-25-19/h2-12,14H,13H2,1H3,(H,23,24)/b22-12-/t14-/m1/s1. The van der Waals surface area contributed by atoms with E-state index in [-0.39, 0.29) is 12.7 Å². The van der Waals surface area contributed by atoms with Crippen LogP contribution in [0.3, 0.4) is 0 Å². The molecule has 1 aliphatic rings. The number of fused-ring (bicyclic) bond motifs is 2. The molecule has 6 heteroatoms. The molecule has 1 atom stereocenters. The van der Waals surface area contributed by atoms with Crippen LogP contribution in [0.4, 0.5) is 0 Å². The third kappa shape index (κ3) is 3.69. The summed E-state index contributed by atoms with van der Waals surface area (Å²) < 4.78 is 16.4. The molecule has 27 heavy (non-hydrogen) atoms. The van der Waals surface area contributed by atoms with Crippen molar-refractivity contribution in [3.63, 3.8) is 0 Å². The molecule has 0 radical (unpaired) electrons. The van der Waals surface area contributed by atoms with Crippen LogP contribution in [-0.4, -0.2) is 25.0 Å². The number of nitrogens with zero attached hydrogens (tertiary/aromatic N) is 1. The molecule has 3 aromatic rings. The molecule has 0 saturated carbocycles. The SMILES string of the molecule is C[C@@H](Oc1cccc2ccccc12)C(=O)N/N=C\c1ccc2c(c1)OCO2. The highest BCUT2D eigenvalue weighted by atomic mass is 16.7. The zero-order valence-electron chi connectivity index (χ0n) is 14.7. The van der Waals surface area contributed by atoms with Gasteiger partial charge >= 0.3 is 0 Å². The highest BCUT2D eigenvalue weighted by Crippen LogP contribution is 2.32. The molecule has 0 aliphatic carbocycles. The predicted octanol–water partition coefficient (Wildman–Crippen LogP) is 3.49. The normalized spacial score (nSPS) is 13.7. The summed E-state index contributed by atoms with van der Waals surface area (Å²) in [6.45, 7) is 1.91. The lowest BCUT2D eigenvalue weighted by molar-refractivity contribution is -0.127. The molecule has 0 unspecified atom stereocenters. The van der Waals surface area contributed by atoms with E-state index in [1.54, 1.807) is 25.3 Å². The second-order valence-electron chi connectivity index (χ2n) is 6.08. The van der Waals surface area contributed by atoms with Crippen LogP contribution in [0.15, 0.2) is 65.8 Å². The highest BCUT2D eigenvalue weighted by Gasteiger charge is 2.15. The molecule has 3 aromatic carbocycles. The molecule has 6 nitrogen and oxygen atoms in total. The molecular weight excluding hydrogens is 344 g/mol. The quantitative estimate of drug-likeness (QED) is 0.557. The van der Waals surface area contributed by atoms with Crippen molar-refractivity contribution >= 4 is 22.9 Å². The molecule has 136 valence electrons. The minimum atomic E-state index is -0.690. The maximum atomic E-state index is 12.3. The van der Waals surface area contributed by atoms with Crippen LogP contribution >= 0.6 is 0 Å². The summed E-state index contributed by atoms with van der Waals surface area (Å²) >= 11 is 0. The number of carbonyl (C=O) groups excluding carboxylic acids is 1. The van der Waals surface area contributed by atoms with Gasteiger partial charge in [-0.2, -0.15) is 5.10 Å². The Hall–Kier alpha value is -3.54. The minimum absolute atomic E-state index is 0.218. The van der Waals surface area contributed by atoms with Gasteiger partial charge in [-0.1, -0.05) is 36.4 Å². The van der Waals surface area contributed by atoms with E-state index in [1.165, 1.54) is 0 Å². The molecule has 1 N–H and O–H groups in total. The maximum Gasteiger partial charge on any atom is 0.280 e. The number of hydrogen-bond donors (Lipinski definition) is 1. The van der Waals surface area contributed by atoms with Crippen LogP contribution in [0.1, 0.15) is 12.5 Å². The molecule has 0 bridgehead atoms. The molecule has 0 aromatic heterocycles. The molecule has 0 saturated heterocycles. The molecule has 1 heterocycles. The van der Waals surface area contributed by atoms with E-state index in [2.05, 4.69) is 10.5 Å². The first-order chi connectivity index (χ1) is 13.2. The lowest BCUT2D eigenvalue weighted by atomic mass is 10.1. The van der Waals surface area contributed by atoms with Crippen LogP contribution in [-0.2, 0) is 4.79 Å². The summed E-state index contributed by atoms with van der Waals surface area (Å²) in [7, 11) is 0. The van der Waals surface area contributed by atoms with Gasteiger partial charge in [0.2, 0.25) is 6.79 Å². The van der Waals surface area contributed by atoms with Crippen molar-refractivity contribution in [1.82, 2.24) is 5.43 Å². The zero-order valence-corrected chi connectivity index (χ0v) is 14.7. The fraction of sp³-hybridized carbons (Fsp3) is 0.143. The topological polar surface area (TPSA) is 69.2 Å². The smallest absolute Gasteiger partial charge is 0.280 e. The molecular formula is C21H18N2O4. The Bertz CT molecular complexity index is 1010. The van der Waals surface area contributed by atoms with E-state index >= 15 is 0 Å². The highest BCUT2D eigenvalue weighted by molar-refractivity contribution is 5.89. The Morgan fingerprint density at radius 1 is 1.11 bits per heavy atom. The van der Waals surface area contributed by atoms with Gasteiger partial charge in [-0.3, -0.25) is 4.79 Å². The third-order valence-electron chi connectivity index (χ3n) is 4.21. The maximum absolute atomic E-state index is 12.3. The van der Waals surface area contributed by atoms with Crippen molar-refractivity contribution in [2.45, 2.75) is 13.0 Å². The number of hydrazone groups is 1. The summed E-state index contributed by atoms with van der Waals surface area (Å²) in [5.41, 5.74) is 3.29. The van der Waals surface area contributed by atoms with Gasteiger partial charge in [0.15, 0.2) is 17.6 Å². The summed E-state index contributed by atoms with van der Waals surface area (Å²) in [5, 5.41) is 6.01. The average Bonchev–Trinajstić information content (AvgIpc) is 3.16. The number of amides is 1. The van der Waals surface area contributed by atoms with Crippen LogP contribution in [0.2, 0.25) is 0 Å². The van der Waals surface area contributed by atoms with Crippen molar-refractivity contribution in [3.05, 3.63) is 66.2 Å². The van der Waals surface area contributed by atoms with Gasteiger partial charge < -0.3 is 14.2 Å². The van der Waals surface area contributed by atoms with Crippen LogP contribution in [0.5, 0.6) is 17.2 Å². The first-order valence-electron chi connectivity index (χ1n) is 8.58. The van der Waals surface area contributed by atoms with Crippen molar-refractivity contribution in [3.8, 4) is 17.2 Å². The molecule has 1 aliphatic heterocycles. The summed E-state index contributed by atoms with van der Waals surface area (Å²) in [6, 6.07) is 19.1. The summed E-state index contributed by atoms with van der Waals surface area (Å²) in [5.74, 6) is 1.70. The van der Waals surface area contributed by atoms with Gasteiger partial charge in [-0.05, 0) is 42.1 Å². The Morgan fingerprint density at radius 3 is 2.85 bits per heavy atom. The van der Waals surface area contributed by atoms with Crippen LogP contribution in [0.25, 0.3) is 10.8 Å². The fourth-order valence-corrected chi connectivity index (χ4v) is 2.80. The van der Waals surface area contributed by atoms with Gasteiger partial charge in [0.25, 0.3) is 5.91 Å². The van der Waals surface area contributed by atoms with Crippen molar-refractivity contribution in [1.29, 1.82) is 0 Å². The minimum Gasteiger partial charge on any atom is -0.480 e. The number of benzene rings is 3. The number of nitrogens with one attached hydrogen (secondary N) is 1. The Kier molecular flexibility index (Phi) is 4.61. The lowest BCUT2D eigenvalue weighted by Gasteiger charge is -2.14. The second-order valence-corrected chi connectivity index (χ2v) is 6.08. The first-order valence-corrected chi connectivity index (χ1v) is 8.58. The number of ether oxygens (including phenoxy) is 3. The van der Waals surface area contributed by atoms with Gasteiger partial charge in [0.1, 0.15) is 5.75 Å². The monoisotopic (exact) mass is 362 g/mol. The van der Waals surface area contributed by atoms with Gasteiger partial charge in [-0.15, -0.1) is 0 Å². The third-order valence-corrected chi connectivity index (χ3v) is 4.21. The Balaban J connectivity index is 1.39. The number of rotatable bonds is 5. The van der Waals surface area contributed by atoms with Gasteiger partial charge in [0, 0.05) is 5.39 Å². The van der Waals surface area contributed by atoms with Crippen LogP contribution < -0.4 is 19.6 Å². The molecule has 0 fully saturated rings. The van der Waals surface area contributed by atoms with E-state index in [9.17, 15) is 4.79 Å². The molecule has 1 amide bonds. The fourth-order valence-electron chi connectivity index (χ4n) is 2.80. The predicted molar refractivity (Wildman–Crippen MR) is 102 cm³/mol. The van der Waals surface area contributed by atoms with Gasteiger partial charge in [0.05, 0.1) is 6.21 Å². The van der Waals surface area contributed by atoms with E-state index < -0.39 is 6.10 Å². The van der Waals surface area contributed by atoms with Gasteiger partial charge in [-0.25, -0.2) is 5.43 Å². The Labute approximate surface area is 156 Å². The Morgan fingerprint density at radius 2 is 1.93 bits per heavy atom. The van der Waals surface area contributed by atoms with E-state index in [0.717, 1.165) is 16.3 Å².